The molecular formula is C15H28N4O2. The Balaban J connectivity index is 2.28. The summed E-state index contributed by atoms with van der Waals surface area (Å²) in [5, 5.41) is 17.4. The van der Waals surface area contributed by atoms with Crippen molar-refractivity contribution in [2.45, 2.75) is 52.4 Å². The van der Waals surface area contributed by atoms with Crippen LogP contribution in [0.4, 0.5) is 5.82 Å². The molecule has 1 aromatic heterocycles. The van der Waals surface area contributed by atoms with Gasteiger partial charge in [-0.3, -0.25) is 4.68 Å². The Hall–Kier alpha value is -1.11. The van der Waals surface area contributed by atoms with Gasteiger partial charge >= 0.3 is 0 Å². The zero-order valence-electron chi connectivity index (χ0n) is 13.8. The Labute approximate surface area is 127 Å². The van der Waals surface area contributed by atoms with Gasteiger partial charge in [0.1, 0.15) is 5.82 Å². The van der Waals surface area contributed by atoms with E-state index in [1.54, 1.807) is 0 Å². The van der Waals surface area contributed by atoms with Crippen LogP contribution in [0.1, 0.15) is 32.0 Å². The molecule has 2 heterocycles. The minimum absolute atomic E-state index is 0.0552. The second kappa shape index (κ2) is 6.77. The first-order valence-electron chi connectivity index (χ1n) is 7.69. The molecule has 2 N–H and O–H groups in total. The van der Waals surface area contributed by atoms with Gasteiger partial charge < -0.3 is 20.1 Å². The molecule has 0 radical (unpaired) electrons. The van der Waals surface area contributed by atoms with Crippen molar-refractivity contribution in [3.05, 3.63) is 11.3 Å². The highest BCUT2D eigenvalue weighted by Crippen LogP contribution is 2.27. The maximum Gasteiger partial charge on any atom is 0.131 e. The Morgan fingerprint density at radius 3 is 2.81 bits per heavy atom. The fourth-order valence-electron chi connectivity index (χ4n) is 2.79. The second-order valence-corrected chi connectivity index (χ2v) is 6.19. The van der Waals surface area contributed by atoms with Crippen LogP contribution >= 0.6 is 0 Å². The molecular weight excluding hydrogens is 268 g/mol. The first-order valence-corrected chi connectivity index (χ1v) is 7.69. The van der Waals surface area contributed by atoms with Gasteiger partial charge in [0, 0.05) is 31.7 Å². The van der Waals surface area contributed by atoms with Crippen molar-refractivity contribution in [3.63, 3.8) is 0 Å². The van der Waals surface area contributed by atoms with Gasteiger partial charge in [0.15, 0.2) is 0 Å². The summed E-state index contributed by atoms with van der Waals surface area (Å²) in [5.74, 6) is 1.13. The third-order valence-corrected chi connectivity index (χ3v) is 3.98. The molecule has 120 valence electrons. The fraction of sp³-hybridized carbons (Fsp3) is 0.800. The summed E-state index contributed by atoms with van der Waals surface area (Å²) in [5.41, 5.74) is 2.29. The SMILES string of the molecule is Cc1nn(C)c(N2CC(CO)OCC2C)c1CNC(C)C. The van der Waals surface area contributed by atoms with Crippen molar-refractivity contribution in [2.24, 2.45) is 7.05 Å². The number of rotatable bonds is 5. The highest BCUT2D eigenvalue weighted by Gasteiger charge is 2.30. The molecule has 0 aliphatic carbocycles. The van der Waals surface area contributed by atoms with Crippen molar-refractivity contribution in [1.29, 1.82) is 0 Å². The van der Waals surface area contributed by atoms with Gasteiger partial charge in [-0.15, -0.1) is 0 Å². The van der Waals surface area contributed by atoms with Crippen LogP contribution in [0.2, 0.25) is 0 Å². The average Bonchev–Trinajstić information content (AvgIpc) is 2.71. The van der Waals surface area contributed by atoms with Crippen molar-refractivity contribution in [2.75, 3.05) is 24.7 Å². The van der Waals surface area contributed by atoms with E-state index in [0.717, 1.165) is 18.1 Å². The summed E-state index contributed by atoms with van der Waals surface area (Å²) >= 11 is 0. The lowest BCUT2D eigenvalue weighted by Gasteiger charge is -2.39. The predicted octanol–water partition coefficient (Wildman–Crippen LogP) is 0.813. The van der Waals surface area contributed by atoms with E-state index in [4.69, 9.17) is 4.74 Å². The molecule has 0 amide bonds. The topological polar surface area (TPSA) is 62.6 Å². The van der Waals surface area contributed by atoms with E-state index >= 15 is 0 Å². The number of hydrogen-bond donors (Lipinski definition) is 2. The van der Waals surface area contributed by atoms with Crippen molar-refractivity contribution < 1.29 is 9.84 Å². The molecule has 2 atom stereocenters. The van der Waals surface area contributed by atoms with Crippen LogP contribution in [0, 0.1) is 6.92 Å². The monoisotopic (exact) mass is 296 g/mol. The van der Waals surface area contributed by atoms with Gasteiger partial charge in [0.25, 0.3) is 0 Å². The van der Waals surface area contributed by atoms with Crippen LogP contribution in [0.3, 0.4) is 0 Å². The highest BCUT2D eigenvalue weighted by molar-refractivity contribution is 5.51. The van der Waals surface area contributed by atoms with E-state index in [9.17, 15) is 5.11 Å². The molecule has 6 nitrogen and oxygen atoms in total. The van der Waals surface area contributed by atoms with Crippen LogP contribution in [0.25, 0.3) is 0 Å². The summed E-state index contributed by atoms with van der Waals surface area (Å²) in [4.78, 5) is 2.31. The number of aliphatic hydroxyl groups excluding tert-OH is 1. The van der Waals surface area contributed by atoms with E-state index in [1.807, 2.05) is 11.7 Å². The quantitative estimate of drug-likeness (QED) is 0.842. The number of aliphatic hydroxyl groups is 1. The Bertz CT molecular complexity index is 472. The smallest absolute Gasteiger partial charge is 0.131 e. The summed E-state index contributed by atoms with van der Waals surface area (Å²) < 4.78 is 7.59. The van der Waals surface area contributed by atoms with E-state index in [0.29, 0.717) is 19.2 Å². The second-order valence-electron chi connectivity index (χ2n) is 6.19. The molecule has 1 saturated heterocycles. The van der Waals surface area contributed by atoms with E-state index in [-0.39, 0.29) is 18.8 Å². The molecule has 0 aromatic carbocycles. The number of anilines is 1. The molecule has 21 heavy (non-hydrogen) atoms. The molecule has 1 aromatic rings. The number of nitrogens with one attached hydrogen (secondary N) is 1. The van der Waals surface area contributed by atoms with Crippen LogP contribution < -0.4 is 10.2 Å². The lowest BCUT2D eigenvalue weighted by molar-refractivity contribution is -0.0108. The van der Waals surface area contributed by atoms with E-state index in [2.05, 4.69) is 43.0 Å². The zero-order valence-corrected chi connectivity index (χ0v) is 13.8. The standard InChI is InChI=1S/C15H28N4O2/c1-10(2)16-6-14-12(4)17-18(5)15(14)19-7-13(8-20)21-9-11(19)3/h10-11,13,16,20H,6-9H2,1-5H3. The van der Waals surface area contributed by atoms with Crippen molar-refractivity contribution in [3.8, 4) is 0 Å². The molecule has 0 saturated carbocycles. The molecule has 0 spiro atoms. The number of hydrogen-bond acceptors (Lipinski definition) is 5. The van der Waals surface area contributed by atoms with Crippen LogP contribution in [0.5, 0.6) is 0 Å². The Kier molecular flexibility index (Phi) is 5.24. The number of aromatic nitrogens is 2. The fourth-order valence-corrected chi connectivity index (χ4v) is 2.79. The van der Waals surface area contributed by atoms with E-state index < -0.39 is 0 Å². The maximum absolute atomic E-state index is 9.38. The number of nitrogens with zero attached hydrogens (tertiary/aromatic N) is 3. The van der Waals surface area contributed by atoms with Crippen LogP contribution in [-0.2, 0) is 18.3 Å². The third-order valence-electron chi connectivity index (χ3n) is 3.98. The maximum atomic E-state index is 9.38. The van der Waals surface area contributed by atoms with Crippen LogP contribution in [-0.4, -0.2) is 52.8 Å². The third kappa shape index (κ3) is 3.56. The molecule has 1 fully saturated rings. The summed E-state index contributed by atoms with van der Waals surface area (Å²) in [6, 6.07) is 0.713. The minimum atomic E-state index is -0.123. The van der Waals surface area contributed by atoms with Gasteiger partial charge in [-0.25, -0.2) is 0 Å². The van der Waals surface area contributed by atoms with Crippen molar-refractivity contribution in [1.82, 2.24) is 15.1 Å². The molecule has 1 aliphatic rings. The molecule has 2 unspecified atom stereocenters. The Morgan fingerprint density at radius 1 is 1.48 bits per heavy atom. The van der Waals surface area contributed by atoms with Crippen LogP contribution in [0.15, 0.2) is 0 Å². The van der Waals surface area contributed by atoms with Gasteiger partial charge in [0.2, 0.25) is 0 Å². The lowest BCUT2D eigenvalue weighted by Crippen LogP contribution is -2.50. The lowest BCUT2D eigenvalue weighted by atomic mass is 10.1. The first-order chi connectivity index (χ1) is 9.93. The summed E-state index contributed by atoms with van der Waals surface area (Å²) in [7, 11) is 1.98. The van der Waals surface area contributed by atoms with Gasteiger partial charge in [0.05, 0.1) is 31.1 Å². The normalized spacial score (nSPS) is 23.1. The number of ether oxygens (including phenoxy) is 1. The predicted molar refractivity (Wildman–Crippen MR) is 83.6 cm³/mol. The molecule has 6 heteroatoms. The zero-order chi connectivity index (χ0) is 15.6. The minimum Gasteiger partial charge on any atom is -0.394 e. The van der Waals surface area contributed by atoms with Crippen molar-refractivity contribution >= 4 is 5.82 Å². The van der Waals surface area contributed by atoms with Gasteiger partial charge in [-0.05, 0) is 13.8 Å². The summed E-state index contributed by atoms with van der Waals surface area (Å²) in [6.45, 7) is 10.7. The van der Waals surface area contributed by atoms with Gasteiger partial charge in [-0.1, -0.05) is 13.8 Å². The largest absolute Gasteiger partial charge is 0.394 e. The summed E-state index contributed by atoms with van der Waals surface area (Å²) in [6.07, 6.45) is -0.123. The Morgan fingerprint density at radius 2 is 2.19 bits per heavy atom. The molecule has 0 bridgehead atoms. The highest BCUT2D eigenvalue weighted by atomic mass is 16.5. The molecule has 2 rings (SSSR count). The average molecular weight is 296 g/mol. The molecule has 1 aliphatic heterocycles. The first kappa shape index (κ1) is 16.3. The van der Waals surface area contributed by atoms with Gasteiger partial charge in [-0.2, -0.15) is 5.10 Å². The van der Waals surface area contributed by atoms with E-state index in [1.165, 1.54) is 5.56 Å². The number of aryl methyl sites for hydroxylation is 2. The number of morpholine rings is 1.